The van der Waals surface area contributed by atoms with Gasteiger partial charge in [0.1, 0.15) is 11.1 Å². The van der Waals surface area contributed by atoms with E-state index in [0.717, 1.165) is 122 Å². The first-order valence-electron chi connectivity index (χ1n) is 22.1. The topological polar surface area (TPSA) is 117 Å². The zero-order valence-electron chi connectivity index (χ0n) is 34.0. The maximum absolute atomic E-state index is 15.0. The van der Waals surface area contributed by atoms with Gasteiger partial charge in [0.25, 0.3) is 0 Å². The van der Waals surface area contributed by atoms with E-state index in [4.69, 9.17) is 0 Å². The molecular weight excluding hydrogens is 756 g/mol. The highest BCUT2D eigenvalue weighted by Crippen LogP contribution is 2.51. The molecule has 316 valence electrons. The first kappa shape index (κ1) is 41.2. The minimum absolute atomic E-state index is 0.112. The van der Waals surface area contributed by atoms with Crippen LogP contribution in [0.2, 0.25) is 0 Å². The maximum atomic E-state index is 15.0. The first-order valence-corrected chi connectivity index (χ1v) is 23.6. The minimum Gasteiger partial charge on any atom is -0.465 e. The van der Waals surface area contributed by atoms with Gasteiger partial charge in [-0.1, -0.05) is 31.1 Å². The number of rotatable bonds is 14. The molecule has 1 aliphatic carbocycles. The van der Waals surface area contributed by atoms with Crippen LogP contribution in [0.15, 0.2) is 65.6 Å². The molecule has 0 bridgehead atoms. The van der Waals surface area contributed by atoms with Gasteiger partial charge in [-0.25, -0.2) is 17.6 Å². The molecule has 2 amide bonds. The van der Waals surface area contributed by atoms with E-state index < -0.39 is 21.2 Å². The number of hydrogen-bond acceptors (Lipinski definition) is 8. The molecule has 5 aliphatic heterocycles. The summed E-state index contributed by atoms with van der Waals surface area (Å²) in [6, 6.07) is 14.4. The van der Waals surface area contributed by atoms with E-state index >= 15 is 0 Å². The third kappa shape index (κ3) is 8.98. The van der Waals surface area contributed by atoms with Crippen molar-refractivity contribution in [3.63, 3.8) is 0 Å². The number of halogens is 1. The normalized spacial score (nSPS) is 26.7. The van der Waals surface area contributed by atoms with Gasteiger partial charge in [0, 0.05) is 69.0 Å². The summed E-state index contributed by atoms with van der Waals surface area (Å²) in [6.07, 6.45) is 13.2. The number of sulfone groups is 1. The predicted octanol–water partition coefficient (Wildman–Crippen LogP) is 5.47. The van der Waals surface area contributed by atoms with Crippen molar-refractivity contribution in [1.29, 1.82) is 0 Å². The molecule has 5 heterocycles. The molecule has 2 N–H and O–H groups in total. The lowest BCUT2D eigenvalue weighted by Gasteiger charge is -2.53. The van der Waals surface area contributed by atoms with Gasteiger partial charge in [-0.2, -0.15) is 0 Å². The smallest absolute Gasteiger partial charge is 0.404 e. The zero-order chi connectivity index (χ0) is 40.3. The van der Waals surface area contributed by atoms with Gasteiger partial charge in [0.15, 0.2) is 9.84 Å². The Morgan fingerprint density at radius 2 is 1.55 bits per heavy atom. The molecule has 8 rings (SSSR count). The van der Waals surface area contributed by atoms with Crippen molar-refractivity contribution in [2.75, 3.05) is 90.0 Å². The van der Waals surface area contributed by atoms with Gasteiger partial charge in [-0.3, -0.25) is 9.69 Å². The third-order valence-corrected chi connectivity index (χ3v) is 16.7. The monoisotopic (exact) mass is 818 g/mol. The third-order valence-electron chi connectivity index (χ3n) is 14.6. The van der Waals surface area contributed by atoms with Gasteiger partial charge in [0.05, 0.1) is 4.90 Å². The van der Waals surface area contributed by atoms with Gasteiger partial charge in [0.2, 0.25) is 5.91 Å². The molecule has 2 aromatic rings. The summed E-state index contributed by atoms with van der Waals surface area (Å²) in [5, 5.41) is 12.1. The van der Waals surface area contributed by atoms with Crippen molar-refractivity contribution >= 4 is 27.5 Å². The molecule has 6 fully saturated rings. The Bertz CT molecular complexity index is 1870. The first-order chi connectivity index (χ1) is 28.1. The summed E-state index contributed by atoms with van der Waals surface area (Å²) in [5.41, 5.74) is 1.74. The number of nitrogens with zero attached hydrogens (tertiary/aromatic N) is 5. The van der Waals surface area contributed by atoms with Crippen LogP contribution in [0.3, 0.4) is 0 Å². The quantitative estimate of drug-likeness (QED) is 0.240. The van der Waals surface area contributed by atoms with E-state index in [9.17, 15) is 27.5 Å². The highest BCUT2D eigenvalue weighted by atomic mass is 32.2. The molecule has 5 saturated heterocycles. The fourth-order valence-electron chi connectivity index (χ4n) is 11.3. The predicted molar refractivity (Wildman–Crippen MR) is 224 cm³/mol. The second-order valence-electron chi connectivity index (χ2n) is 18.1. The number of hydrogen-bond donors (Lipinski definition) is 2. The second kappa shape index (κ2) is 18.0. The molecule has 6 aliphatic rings. The highest BCUT2D eigenvalue weighted by molar-refractivity contribution is 7.92. The number of piperidine rings is 2. The van der Waals surface area contributed by atoms with Crippen molar-refractivity contribution in [2.45, 2.75) is 85.8 Å². The summed E-state index contributed by atoms with van der Waals surface area (Å²) < 4.78 is 41.9. The number of benzene rings is 2. The van der Waals surface area contributed by atoms with Gasteiger partial charge in [-0.15, -0.1) is 0 Å². The summed E-state index contributed by atoms with van der Waals surface area (Å²) in [4.78, 5) is 36.4. The number of amides is 2. The summed E-state index contributed by atoms with van der Waals surface area (Å²) in [7, 11) is -3.53. The van der Waals surface area contributed by atoms with Crippen LogP contribution in [-0.2, 0) is 20.0 Å². The molecule has 13 heteroatoms. The molecule has 2 aromatic carbocycles. The Morgan fingerprint density at radius 3 is 2.24 bits per heavy atom. The average molecular weight is 819 g/mol. The Morgan fingerprint density at radius 1 is 0.810 bits per heavy atom. The number of carbonyl (C=O) groups excluding carboxylic acids is 1. The fourth-order valence-corrected chi connectivity index (χ4v) is 13.0. The molecule has 0 radical (unpaired) electrons. The van der Waals surface area contributed by atoms with Gasteiger partial charge >= 0.3 is 6.09 Å². The van der Waals surface area contributed by atoms with Crippen molar-refractivity contribution < 1.29 is 27.5 Å². The lowest BCUT2D eigenvalue weighted by molar-refractivity contribution is -0.129. The number of likely N-dealkylation sites (tertiary alicyclic amines) is 4. The van der Waals surface area contributed by atoms with E-state index in [2.05, 4.69) is 31.0 Å². The molecule has 11 nitrogen and oxygen atoms in total. The van der Waals surface area contributed by atoms with Crippen molar-refractivity contribution in [3.05, 3.63) is 72.1 Å². The lowest BCUT2D eigenvalue weighted by atomic mass is 9.57. The average Bonchev–Trinajstić information content (AvgIpc) is 3.85. The fraction of sp³-hybridized carbons (Fsp3) is 0.644. The minimum atomic E-state index is -3.53. The Labute approximate surface area is 344 Å². The standard InChI is InChI=1S/C45H63FN6O5S/c46-37-9-4-8-36(28-37)45(33-50-23-7-24-50,41-10-5-11-42(41)47-44(54)55)35-18-25-49(26-19-35)29-34-17-27-51(30-34)38-13-15-39(16-14-38)58(56,57)40-31-52(32-40)43(53)12-6-22-48-20-2-1-3-21-48/h4,6,8-9,12-16,28,34-35,40-42,47H,1-3,5,7,10-11,17-27,29-33H2,(H,54,55)/b12-6+/t34-,41-,42-,45-/m0/s1. The number of carbonyl (C=O) groups is 2. The molecule has 58 heavy (non-hydrogen) atoms. The molecule has 4 atom stereocenters. The molecule has 0 spiro atoms. The van der Waals surface area contributed by atoms with Gasteiger partial charge in [-0.05, 0) is 150 Å². The van der Waals surface area contributed by atoms with Crippen molar-refractivity contribution in [3.8, 4) is 0 Å². The number of anilines is 1. The molecule has 0 aromatic heterocycles. The van der Waals surface area contributed by atoms with Crippen LogP contribution in [0.4, 0.5) is 14.9 Å². The van der Waals surface area contributed by atoms with Crippen LogP contribution in [0.1, 0.15) is 69.8 Å². The van der Waals surface area contributed by atoms with Crippen LogP contribution in [0, 0.1) is 23.6 Å². The largest absolute Gasteiger partial charge is 0.465 e. The van der Waals surface area contributed by atoms with E-state index in [1.165, 1.54) is 31.7 Å². The number of nitrogens with one attached hydrogen (secondary N) is 1. The second-order valence-corrected chi connectivity index (χ2v) is 20.3. The Balaban J connectivity index is 0.851. The summed E-state index contributed by atoms with van der Waals surface area (Å²) in [6.45, 7) is 11.1. The van der Waals surface area contributed by atoms with E-state index in [1.807, 2.05) is 24.3 Å². The van der Waals surface area contributed by atoms with Crippen LogP contribution in [-0.4, -0.2) is 141 Å². The van der Waals surface area contributed by atoms with E-state index in [-0.39, 0.29) is 42.2 Å². The van der Waals surface area contributed by atoms with Crippen molar-refractivity contribution in [2.24, 2.45) is 17.8 Å². The van der Waals surface area contributed by atoms with Crippen molar-refractivity contribution in [1.82, 2.24) is 24.9 Å². The lowest BCUT2D eigenvalue weighted by Crippen LogP contribution is -2.59. The zero-order valence-corrected chi connectivity index (χ0v) is 34.8. The Hall–Kier alpha value is -3.52. The summed E-state index contributed by atoms with van der Waals surface area (Å²) in [5.74, 6) is 0.591. The van der Waals surface area contributed by atoms with E-state index in [0.29, 0.717) is 16.7 Å². The molecule has 0 unspecified atom stereocenters. The van der Waals surface area contributed by atoms with Gasteiger partial charge < -0.3 is 30.0 Å². The van der Waals surface area contributed by atoms with Crippen LogP contribution in [0.5, 0.6) is 0 Å². The van der Waals surface area contributed by atoms with Crippen LogP contribution < -0.4 is 10.2 Å². The summed E-state index contributed by atoms with van der Waals surface area (Å²) >= 11 is 0. The Kier molecular flexibility index (Phi) is 12.8. The SMILES string of the molecule is O=C(O)N[C@H]1CCC[C@@H]1[C@](CN1CCC1)(c1cccc(F)c1)C1CCN(C[C@@H]2CCN(c3ccc(S(=O)(=O)C4CN(C(=O)/C=C/CN5CCCCC5)C4)cc3)C2)CC1. The number of carboxylic acid groups (broad SMARTS) is 1. The van der Waals surface area contributed by atoms with E-state index in [1.54, 1.807) is 29.2 Å². The maximum Gasteiger partial charge on any atom is 0.404 e. The molecular formula is C45H63FN6O5S. The highest BCUT2D eigenvalue weighted by Gasteiger charge is 2.53. The van der Waals surface area contributed by atoms with Crippen LogP contribution in [0.25, 0.3) is 0 Å². The van der Waals surface area contributed by atoms with Crippen LogP contribution >= 0.6 is 0 Å². The molecule has 1 saturated carbocycles.